The van der Waals surface area contributed by atoms with E-state index in [9.17, 15) is 22.8 Å². The molecule has 3 nitrogen and oxygen atoms in total. The second-order valence-corrected chi connectivity index (χ2v) is 6.52. The number of nitrogens with one attached hydrogen (secondary N) is 1. The molecule has 1 aromatic rings. The summed E-state index contributed by atoms with van der Waals surface area (Å²) in [6.07, 6.45) is 5.78. The highest BCUT2D eigenvalue weighted by atomic mass is 19.4. The summed E-state index contributed by atoms with van der Waals surface area (Å²) >= 11 is 0. The number of halogens is 3. The first-order valence-corrected chi connectivity index (χ1v) is 8.50. The zero-order chi connectivity index (χ0) is 19.6. The van der Waals surface area contributed by atoms with Crippen LogP contribution in [-0.2, 0) is 11.0 Å². The molecule has 0 fully saturated rings. The quantitative estimate of drug-likeness (QED) is 0.851. The van der Waals surface area contributed by atoms with E-state index in [1.165, 1.54) is 6.92 Å². The Hall–Kier alpha value is -2.89. The molecule has 140 valence electrons. The molecule has 0 spiro atoms. The average molecular weight is 373 g/mol. The Morgan fingerprint density at radius 3 is 2.48 bits per heavy atom. The molecule has 6 heteroatoms. The third-order valence-corrected chi connectivity index (χ3v) is 4.65. The number of benzene rings is 1. The number of carbonyl (C=O) groups is 2. The Kier molecular flexibility index (Phi) is 5.17. The van der Waals surface area contributed by atoms with Gasteiger partial charge in [0.1, 0.15) is 0 Å². The molecule has 0 saturated heterocycles. The van der Waals surface area contributed by atoms with Gasteiger partial charge in [0.25, 0.3) is 5.91 Å². The Bertz CT molecular complexity index is 887. The molecule has 1 amide bonds. The second-order valence-electron chi connectivity index (χ2n) is 6.52. The molecule has 0 heterocycles. The van der Waals surface area contributed by atoms with E-state index in [1.807, 2.05) is 24.3 Å². The van der Waals surface area contributed by atoms with Gasteiger partial charge >= 0.3 is 6.18 Å². The van der Waals surface area contributed by atoms with Crippen molar-refractivity contribution in [2.24, 2.45) is 5.92 Å². The predicted molar refractivity (Wildman–Crippen MR) is 96.0 cm³/mol. The minimum absolute atomic E-state index is 0.0106. The van der Waals surface area contributed by atoms with Crippen molar-refractivity contribution in [1.29, 1.82) is 0 Å². The maximum absolute atomic E-state index is 12.6. The number of hydrogen-bond acceptors (Lipinski definition) is 2. The fourth-order valence-electron chi connectivity index (χ4n) is 3.18. The summed E-state index contributed by atoms with van der Waals surface area (Å²) in [6, 6.07) is 4.07. The molecule has 0 radical (unpaired) electrons. The fourth-order valence-corrected chi connectivity index (χ4v) is 3.18. The average Bonchev–Trinajstić information content (AvgIpc) is 2.65. The highest BCUT2D eigenvalue weighted by molar-refractivity contribution is 5.95. The smallest absolute Gasteiger partial charge is 0.348 e. The van der Waals surface area contributed by atoms with Crippen LogP contribution in [0.1, 0.15) is 29.3 Å². The van der Waals surface area contributed by atoms with Crippen LogP contribution in [0.2, 0.25) is 0 Å². The van der Waals surface area contributed by atoms with E-state index in [0.29, 0.717) is 12.0 Å². The lowest BCUT2D eigenvalue weighted by Crippen LogP contribution is -2.28. The van der Waals surface area contributed by atoms with Crippen molar-refractivity contribution in [1.82, 2.24) is 5.32 Å². The Balaban J connectivity index is 1.75. The lowest BCUT2D eigenvalue weighted by molar-refractivity contribution is -0.137. The van der Waals surface area contributed by atoms with Crippen LogP contribution in [0.5, 0.6) is 0 Å². The van der Waals surface area contributed by atoms with Gasteiger partial charge in [0.05, 0.1) is 5.56 Å². The van der Waals surface area contributed by atoms with E-state index in [4.69, 9.17) is 0 Å². The first-order chi connectivity index (χ1) is 12.8. The number of rotatable bonds is 4. The molecule has 1 N–H and O–H groups in total. The first-order valence-electron chi connectivity index (χ1n) is 8.50. The molecular formula is C21H18F3NO2. The molecule has 2 aliphatic carbocycles. The maximum Gasteiger partial charge on any atom is 0.416 e. The van der Waals surface area contributed by atoms with Crippen molar-refractivity contribution in [3.8, 4) is 0 Å². The molecule has 0 saturated carbocycles. The number of Topliss-reactive ketones (excluding diaryl/α,β-unsaturated/α-hetero) is 1. The number of alkyl halides is 3. The molecule has 3 rings (SSSR count). The molecule has 27 heavy (non-hydrogen) atoms. The Morgan fingerprint density at radius 2 is 1.85 bits per heavy atom. The summed E-state index contributed by atoms with van der Waals surface area (Å²) in [5, 5.41) is 2.73. The monoisotopic (exact) mass is 373 g/mol. The molecule has 0 aliphatic heterocycles. The zero-order valence-corrected chi connectivity index (χ0v) is 14.6. The third kappa shape index (κ3) is 4.27. The summed E-state index contributed by atoms with van der Waals surface area (Å²) in [4.78, 5) is 24.1. The van der Waals surface area contributed by atoms with Crippen LogP contribution >= 0.6 is 0 Å². The van der Waals surface area contributed by atoms with E-state index in [1.54, 1.807) is 6.08 Å². The predicted octanol–water partition coefficient (Wildman–Crippen LogP) is 4.39. The van der Waals surface area contributed by atoms with E-state index in [-0.39, 0.29) is 23.8 Å². The van der Waals surface area contributed by atoms with Crippen LogP contribution in [0, 0.1) is 5.92 Å². The van der Waals surface area contributed by atoms with Crippen molar-refractivity contribution in [2.45, 2.75) is 19.5 Å². The van der Waals surface area contributed by atoms with Gasteiger partial charge in [-0.25, -0.2) is 0 Å². The molecule has 2 aliphatic rings. The van der Waals surface area contributed by atoms with Gasteiger partial charge in [0, 0.05) is 18.0 Å². The van der Waals surface area contributed by atoms with Crippen molar-refractivity contribution in [3.63, 3.8) is 0 Å². The topological polar surface area (TPSA) is 46.2 Å². The van der Waals surface area contributed by atoms with Gasteiger partial charge in [0.15, 0.2) is 5.78 Å². The molecule has 1 atom stereocenters. The van der Waals surface area contributed by atoms with Crippen LogP contribution in [0.3, 0.4) is 0 Å². The van der Waals surface area contributed by atoms with Gasteiger partial charge in [-0.15, -0.1) is 0 Å². The SMILES string of the molecule is CC(=O)C1=CC(CNC(=O)c2ccc(C(F)(F)F)cc2)=C2C=CC=CC2C1. The molecule has 1 unspecified atom stereocenters. The Morgan fingerprint density at radius 1 is 1.15 bits per heavy atom. The summed E-state index contributed by atoms with van der Waals surface area (Å²) in [5.74, 6) is -0.382. The Labute approximate surface area is 155 Å². The molecular weight excluding hydrogens is 355 g/mol. The molecule has 0 bridgehead atoms. The number of fused-ring (bicyclic) bond motifs is 1. The third-order valence-electron chi connectivity index (χ3n) is 4.65. The van der Waals surface area contributed by atoms with Gasteiger partial charge in [0.2, 0.25) is 0 Å². The fraction of sp³-hybridized carbons (Fsp3) is 0.238. The maximum atomic E-state index is 12.6. The van der Waals surface area contributed by atoms with Crippen molar-refractivity contribution in [3.05, 3.63) is 82.5 Å². The van der Waals surface area contributed by atoms with E-state index < -0.39 is 17.6 Å². The van der Waals surface area contributed by atoms with Crippen molar-refractivity contribution in [2.75, 3.05) is 6.54 Å². The lowest BCUT2D eigenvalue weighted by Gasteiger charge is -2.26. The normalized spacial score (nSPS) is 18.8. The number of amides is 1. The van der Waals surface area contributed by atoms with E-state index in [2.05, 4.69) is 5.32 Å². The van der Waals surface area contributed by atoms with E-state index in [0.717, 1.165) is 35.4 Å². The van der Waals surface area contributed by atoms with Crippen LogP contribution in [0.4, 0.5) is 13.2 Å². The largest absolute Gasteiger partial charge is 0.416 e. The van der Waals surface area contributed by atoms with Gasteiger partial charge in [-0.3, -0.25) is 9.59 Å². The molecule has 1 aromatic carbocycles. The first kappa shape index (κ1) is 18.9. The van der Waals surface area contributed by atoms with Crippen molar-refractivity contribution >= 4 is 11.7 Å². The second kappa shape index (κ2) is 7.39. The summed E-state index contributed by atoms with van der Waals surface area (Å²) in [6.45, 7) is 1.71. The highest BCUT2D eigenvalue weighted by Crippen LogP contribution is 2.34. The minimum atomic E-state index is -4.44. The van der Waals surface area contributed by atoms with E-state index >= 15 is 0 Å². The van der Waals surface area contributed by atoms with Gasteiger partial charge in [-0.05, 0) is 54.3 Å². The lowest BCUT2D eigenvalue weighted by atomic mass is 9.80. The minimum Gasteiger partial charge on any atom is -0.348 e. The summed E-state index contributed by atoms with van der Waals surface area (Å²) in [7, 11) is 0. The molecule has 0 aromatic heterocycles. The standard InChI is InChI=1S/C21H18F3NO2/c1-13(26)16-10-15-4-2-3-5-19(15)17(11-16)12-25-20(27)14-6-8-18(9-7-14)21(22,23)24/h2-9,11,15H,10,12H2,1H3,(H,25,27). The van der Waals surface area contributed by atoms with Gasteiger partial charge in [-0.1, -0.05) is 30.4 Å². The van der Waals surface area contributed by atoms with Crippen LogP contribution in [0.25, 0.3) is 0 Å². The van der Waals surface area contributed by atoms with Crippen LogP contribution < -0.4 is 5.32 Å². The van der Waals surface area contributed by atoms with Gasteiger partial charge in [-0.2, -0.15) is 13.2 Å². The number of hydrogen-bond donors (Lipinski definition) is 1. The van der Waals surface area contributed by atoms with Crippen LogP contribution in [-0.4, -0.2) is 18.2 Å². The summed E-state index contributed by atoms with van der Waals surface area (Å²) < 4.78 is 37.9. The highest BCUT2D eigenvalue weighted by Gasteiger charge is 2.30. The van der Waals surface area contributed by atoms with Crippen molar-refractivity contribution < 1.29 is 22.8 Å². The zero-order valence-electron chi connectivity index (χ0n) is 14.6. The number of allylic oxidation sites excluding steroid dienone is 6. The number of carbonyl (C=O) groups excluding carboxylic acids is 2. The summed E-state index contributed by atoms with van der Waals surface area (Å²) in [5.41, 5.74) is 1.91. The number of ketones is 1. The van der Waals surface area contributed by atoms with Crippen LogP contribution in [0.15, 0.2) is 71.4 Å². The van der Waals surface area contributed by atoms with Gasteiger partial charge < -0.3 is 5.32 Å².